The molecule has 0 amide bonds. The van der Waals surface area contributed by atoms with Crippen molar-refractivity contribution >= 4 is 62.5 Å². The number of nitrogens with zero attached hydrogens (tertiary/aromatic N) is 2. The molecule has 0 N–H and O–H groups in total. The van der Waals surface area contributed by atoms with Gasteiger partial charge >= 0.3 is 0 Å². The lowest BCUT2D eigenvalue weighted by Crippen LogP contribution is -1.87. The van der Waals surface area contributed by atoms with Gasteiger partial charge in [0, 0.05) is 6.20 Å². The highest BCUT2D eigenvalue weighted by Crippen LogP contribution is 2.37. The average molecular weight is 370 g/mol. The van der Waals surface area contributed by atoms with E-state index < -0.39 is 0 Å². The molecular weight excluding hydrogens is 366 g/mol. The monoisotopic (exact) mass is 368 g/mol. The summed E-state index contributed by atoms with van der Waals surface area (Å²) < 4.78 is 0.869. The normalized spacial score (nSPS) is 10.6. The fourth-order valence-electron chi connectivity index (χ4n) is 1.04. The van der Waals surface area contributed by atoms with Crippen LogP contribution in [0.15, 0.2) is 38.9 Å². The molecule has 17 heavy (non-hydrogen) atoms. The van der Waals surface area contributed by atoms with E-state index in [2.05, 4.69) is 25.9 Å². The van der Waals surface area contributed by atoms with E-state index in [9.17, 15) is 0 Å². The average Bonchev–Trinajstić information content (AvgIpc) is 2.29. The van der Waals surface area contributed by atoms with Gasteiger partial charge in [0.15, 0.2) is 0 Å². The van der Waals surface area contributed by atoms with E-state index in [4.69, 9.17) is 34.8 Å². The van der Waals surface area contributed by atoms with E-state index in [-0.39, 0.29) is 5.15 Å². The second kappa shape index (κ2) is 5.76. The lowest BCUT2D eigenvalue weighted by molar-refractivity contribution is 1.08. The Morgan fingerprint density at radius 3 is 2.59 bits per heavy atom. The lowest BCUT2D eigenvalue weighted by Gasteiger charge is -2.05. The number of pyridine rings is 2. The Balaban J connectivity index is 2.37. The minimum absolute atomic E-state index is 0.227. The Labute approximate surface area is 126 Å². The number of rotatable bonds is 2. The zero-order valence-electron chi connectivity index (χ0n) is 8.12. The molecule has 0 saturated carbocycles. The molecule has 0 radical (unpaired) electrons. The van der Waals surface area contributed by atoms with Gasteiger partial charge in [0.2, 0.25) is 0 Å². The highest BCUT2D eigenvalue weighted by Gasteiger charge is 2.11. The first-order chi connectivity index (χ1) is 8.08. The predicted octanol–water partition coefficient (Wildman–Crippen LogP) is 5.35. The van der Waals surface area contributed by atoms with Crippen LogP contribution in [0.5, 0.6) is 0 Å². The molecule has 0 bridgehead atoms. The molecule has 0 aliphatic rings. The van der Waals surface area contributed by atoms with Gasteiger partial charge < -0.3 is 0 Å². The molecule has 0 aromatic carbocycles. The van der Waals surface area contributed by atoms with Crippen LogP contribution in [0, 0.1) is 0 Å². The number of halogens is 4. The molecule has 88 valence electrons. The van der Waals surface area contributed by atoms with Crippen molar-refractivity contribution in [2.45, 2.75) is 10.1 Å². The highest BCUT2D eigenvalue weighted by molar-refractivity contribution is 9.10. The van der Waals surface area contributed by atoms with Crippen molar-refractivity contribution in [3.05, 3.63) is 44.1 Å². The molecule has 0 fully saturated rings. The van der Waals surface area contributed by atoms with Crippen LogP contribution >= 0.6 is 62.5 Å². The van der Waals surface area contributed by atoms with E-state index in [1.807, 2.05) is 12.1 Å². The maximum Gasteiger partial charge on any atom is 0.149 e. The van der Waals surface area contributed by atoms with Crippen LogP contribution in [0.1, 0.15) is 0 Å². The summed E-state index contributed by atoms with van der Waals surface area (Å²) in [7, 11) is 0. The molecule has 2 heterocycles. The Hall–Kier alpha value is -0.000000000000000167. The number of hydrogen-bond donors (Lipinski definition) is 0. The van der Waals surface area contributed by atoms with Crippen LogP contribution in [0.4, 0.5) is 0 Å². The fourth-order valence-corrected chi connectivity index (χ4v) is 2.95. The van der Waals surface area contributed by atoms with Crippen molar-refractivity contribution < 1.29 is 0 Å². The molecule has 2 nitrogen and oxygen atoms in total. The van der Waals surface area contributed by atoms with Gasteiger partial charge in [0.1, 0.15) is 15.2 Å². The van der Waals surface area contributed by atoms with E-state index in [0.717, 1.165) is 9.50 Å². The largest absolute Gasteiger partial charge is 0.248 e. The maximum atomic E-state index is 6.03. The van der Waals surface area contributed by atoms with Crippen molar-refractivity contribution in [3.8, 4) is 0 Å². The summed E-state index contributed by atoms with van der Waals surface area (Å²) in [4.78, 5) is 8.32. The van der Waals surface area contributed by atoms with Crippen LogP contribution in [0.25, 0.3) is 0 Å². The van der Waals surface area contributed by atoms with Crippen molar-refractivity contribution in [1.82, 2.24) is 9.97 Å². The lowest BCUT2D eigenvalue weighted by atomic mass is 10.5. The van der Waals surface area contributed by atoms with Gasteiger partial charge in [0.25, 0.3) is 0 Å². The van der Waals surface area contributed by atoms with Crippen LogP contribution in [-0.2, 0) is 0 Å². The second-order valence-corrected chi connectivity index (χ2v) is 5.94. The molecule has 0 aliphatic carbocycles. The van der Waals surface area contributed by atoms with Crippen LogP contribution in [-0.4, -0.2) is 9.97 Å². The van der Waals surface area contributed by atoms with E-state index in [0.29, 0.717) is 15.1 Å². The Bertz CT molecular complexity index is 565. The molecule has 0 spiro atoms. The Morgan fingerprint density at radius 1 is 1.12 bits per heavy atom. The second-order valence-electron chi connectivity index (χ2n) is 2.94. The van der Waals surface area contributed by atoms with Gasteiger partial charge in [-0.25, -0.2) is 9.97 Å². The van der Waals surface area contributed by atoms with Gasteiger partial charge in [-0.2, -0.15) is 0 Å². The third kappa shape index (κ3) is 3.26. The molecule has 0 atom stereocenters. The van der Waals surface area contributed by atoms with E-state index >= 15 is 0 Å². The zero-order chi connectivity index (χ0) is 12.4. The van der Waals surface area contributed by atoms with Gasteiger partial charge in [-0.3, -0.25) is 0 Å². The van der Waals surface area contributed by atoms with Crippen LogP contribution in [0.2, 0.25) is 15.2 Å². The minimum atomic E-state index is 0.227. The highest BCUT2D eigenvalue weighted by atomic mass is 79.9. The summed E-state index contributed by atoms with van der Waals surface area (Å²) in [5, 5.41) is 2.34. The molecule has 0 aliphatic heterocycles. The van der Waals surface area contributed by atoms with Crippen LogP contribution in [0.3, 0.4) is 0 Å². The predicted molar refractivity (Wildman–Crippen MR) is 75.3 cm³/mol. The molecule has 2 aromatic rings. The Morgan fingerprint density at radius 2 is 1.88 bits per heavy atom. The summed E-state index contributed by atoms with van der Waals surface area (Å²) in [6.45, 7) is 0. The van der Waals surface area contributed by atoms with E-state index in [1.54, 1.807) is 12.3 Å². The SMILES string of the molecule is Clc1cc(Cl)c(Sc2ncccc2Br)nc1Cl. The molecule has 7 heteroatoms. The zero-order valence-corrected chi connectivity index (χ0v) is 12.8. The van der Waals surface area contributed by atoms with Gasteiger partial charge in [-0.15, -0.1) is 0 Å². The molecule has 0 unspecified atom stereocenters. The third-order valence-corrected chi connectivity index (χ3v) is 4.77. The fraction of sp³-hybridized carbons (Fsp3) is 0. The van der Waals surface area contributed by atoms with Crippen molar-refractivity contribution in [2.24, 2.45) is 0 Å². The summed E-state index contributed by atoms with van der Waals surface area (Å²) in [5.74, 6) is 0. The first-order valence-corrected chi connectivity index (χ1v) is 7.12. The van der Waals surface area contributed by atoms with Crippen molar-refractivity contribution in [3.63, 3.8) is 0 Å². The van der Waals surface area contributed by atoms with Gasteiger partial charge in [-0.1, -0.05) is 34.8 Å². The molecular formula is C10H4BrCl3N2S. The number of hydrogen-bond acceptors (Lipinski definition) is 3. The van der Waals surface area contributed by atoms with Crippen molar-refractivity contribution in [1.29, 1.82) is 0 Å². The first-order valence-electron chi connectivity index (χ1n) is 4.38. The Kier molecular flexibility index (Phi) is 4.55. The smallest absolute Gasteiger partial charge is 0.149 e. The molecule has 2 aromatic heterocycles. The summed E-state index contributed by atoms with van der Waals surface area (Å²) in [5.41, 5.74) is 0. The van der Waals surface area contributed by atoms with Crippen molar-refractivity contribution in [2.75, 3.05) is 0 Å². The summed E-state index contributed by atoms with van der Waals surface area (Å²) in [6.07, 6.45) is 1.69. The third-order valence-electron chi connectivity index (χ3n) is 1.77. The summed E-state index contributed by atoms with van der Waals surface area (Å²) in [6, 6.07) is 5.29. The maximum absolute atomic E-state index is 6.03. The van der Waals surface area contributed by atoms with Crippen LogP contribution < -0.4 is 0 Å². The first kappa shape index (κ1) is 13.4. The van der Waals surface area contributed by atoms with Gasteiger partial charge in [-0.05, 0) is 45.9 Å². The molecule has 2 rings (SSSR count). The van der Waals surface area contributed by atoms with E-state index in [1.165, 1.54) is 11.8 Å². The minimum Gasteiger partial charge on any atom is -0.248 e. The van der Waals surface area contributed by atoms with Gasteiger partial charge in [0.05, 0.1) is 14.5 Å². The summed E-state index contributed by atoms with van der Waals surface area (Å²) >= 11 is 22.4. The quantitative estimate of drug-likeness (QED) is 0.667. The standard InChI is InChI=1S/C10H4BrCl3N2S/c11-5-2-1-3-15-9(5)17-10-7(13)4-6(12)8(14)16-10/h1-4H. The number of aromatic nitrogens is 2. The topological polar surface area (TPSA) is 25.8 Å². The molecule has 0 saturated heterocycles.